The van der Waals surface area contributed by atoms with Crippen LogP contribution >= 0.6 is 0 Å². The highest BCUT2D eigenvalue weighted by Crippen LogP contribution is 2.22. The van der Waals surface area contributed by atoms with Gasteiger partial charge in [0.2, 0.25) is 5.91 Å². The lowest BCUT2D eigenvalue weighted by molar-refractivity contribution is -0.116. The summed E-state index contributed by atoms with van der Waals surface area (Å²) in [5.74, 6) is -0.209. The average molecular weight is 364 g/mol. The van der Waals surface area contributed by atoms with Crippen LogP contribution in [0.15, 0.2) is 35.4 Å². The van der Waals surface area contributed by atoms with Crippen molar-refractivity contribution in [1.29, 1.82) is 0 Å². The molecule has 6 heteroatoms. The van der Waals surface area contributed by atoms with E-state index in [1.165, 1.54) is 11.0 Å². The van der Waals surface area contributed by atoms with E-state index >= 15 is 0 Å². The SMILES string of the molecule is Cc1ccc(NC(=O)Cn2ccn3nc4c(c3c2=O)CCCCC4)c(C)c1. The number of carbonyl (C=O) groups excluding carboxylic acids is 1. The number of aryl methyl sites for hydroxylation is 4. The van der Waals surface area contributed by atoms with E-state index in [2.05, 4.69) is 10.4 Å². The molecule has 0 atom stereocenters. The van der Waals surface area contributed by atoms with E-state index in [9.17, 15) is 9.59 Å². The van der Waals surface area contributed by atoms with Gasteiger partial charge >= 0.3 is 0 Å². The Labute approximate surface area is 157 Å². The number of hydrogen-bond donors (Lipinski definition) is 1. The van der Waals surface area contributed by atoms with Crippen molar-refractivity contribution in [1.82, 2.24) is 14.2 Å². The van der Waals surface area contributed by atoms with Crippen molar-refractivity contribution >= 4 is 17.1 Å². The Hall–Kier alpha value is -2.89. The molecule has 6 nitrogen and oxygen atoms in total. The Morgan fingerprint density at radius 1 is 1.15 bits per heavy atom. The van der Waals surface area contributed by atoms with Gasteiger partial charge < -0.3 is 9.88 Å². The third-order valence-electron chi connectivity index (χ3n) is 5.25. The third kappa shape index (κ3) is 3.39. The summed E-state index contributed by atoms with van der Waals surface area (Å²) in [6.07, 6.45) is 8.58. The number of aromatic nitrogens is 3. The summed E-state index contributed by atoms with van der Waals surface area (Å²) in [6.45, 7) is 3.97. The summed E-state index contributed by atoms with van der Waals surface area (Å²) in [5.41, 5.74) is 5.49. The average Bonchev–Trinajstić information content (AvgIpc) is 2.82. The van der Waals surface area contributed by atoms with Gasteiger partial charge in [-0.15, -0.1) is 0 Å². The molecule has 2 heterocycles. The number of fused-ring (bicyclic) bond motifs is 3. The van der Waals surface area contributed by atoms with Crippen molar-refractivity contribution in [3.63, 3.8) is 0 Å². The molecule has 1 amide bonds. The molecule has 140 valence electrons. The minimum Gasteiger partial charge on any atom is -0.324 e. The first-order chi connectivity index (χ1) is 13.0. The number of benzene rings is 1. The second-order valence-corrected chi connectivity index (χ2v) is 7.38. The zero-order chi connectivity index (χ0) is 19.0. The minimum absolute atomic E-state index is 0.0113. The van der Waals surface area contributed by atoms with Crippen molar-refractivity contribution in [3.05, 3.63) is 63.3 Å². The van der Waals surface area contributed by atoms with Crippen LogP contribution in [-0.2, 0) is 24.2 Å². The Bertz CT molecular complexity index is 1080. The van der Waals surface area contributed by atoms with Gasteiger partial charge in [-0.3, -0.25) is 9.59 Å². The van der Waals surface area contributed by atoms with E-state index in [-0.39, 0.29) is 18.0 Å². The quantitative estimate of drug-likeness (QED) is 0.727. The molecule has 1 aliphatic rings. The van der Waals surface area contributed by atoms with Gasteiger partial charge in [0.05, 0.1) is 5.69 Å². The molecule has 2 aromatic heterocycles. The van der Waals surface area contributed by atoms with E-state index < -0.39 is 0 Å². The molecule has 1 N–H and O–H groups in total. The number of anilines is 1. The Morgan fingerprint density at radius 3 is 2.78 bits per heavy atom. The van der Waals surface area contributed by atoms with Crippen LogP contribution in [0.25, 0.3) is 5.52 Å². The predicted octanol–water partition coefficient (Wildman–Crippen LogP) is 3.02. The molecule has 0 spiro atoms. The first kappa shape index (κ1) is 17.5. The summed E-state index contributed by atoms with van der Waals surface area (Å²) in [4.78, 5) is 25.5. The van der Waals surface area contributed by atoms with Crippen LogP contribution in [0, 0.1) is 13.8 Å². The number of hydrogen-bond acceptors (Lipinski definition) is 3. The van der Waals surface area contributed by atoms with Gasteiger partial charge in [-0.2, -0.15) is 5.10 Å². The molecule has 0 saturated heterocycles. The van der Waals surface area contributed by atoms with Crippen LogP contribution in [0.1, 0.15) is 41.6 Å². The Morgan fingerprint density at radius 2 is 1.96 bits per heavy atom. The van der Waals surface area contributed by atoms with Crippen molar-refractivity contribution in [2.75, 3.05) is 5.32 Å². The van der Waals surface area contributed by atoms with Crippen LogP contribution < -0.4 is 10.9 Å². The third-order valence-corrected chi connectivity index (χ3v) is 5.25. The highest BCUT2D eigenvalue weighted by molar-refractivity contribution is 5.91. The van der Waals surface area contributed by atoms with E-state index in [0.29, 0.717) is 5.52 Å². The number of carbonyl (C=O) groups is 1. The lowest BCUT2D eigenvalue weighted by atomic mass is 10.1. The van der Waals surface area contributed by atoms with Gasteiger partial charge in [-0.25, -0.2) is 4.52 Å². The number of nitrogens with one attached hydrogen (secondary N) is 1. The Balaban J connectivity index is 1.62. The zero-order valence-corrected chi connectivity index (χ0v) is 15.8. The fraction of sp³-hybridized carbons (Fsp3) is 0.381. The second-order valence-electron chi connectivity index (χ2n) is 7.38. The largest absolute Gasteiger partial charge is 0.324 e. The van der Waals surface area contributed by atoms with Crippen molar-refractivity contribution < 1.29 is 4.79 Å². The molecule has 0 fully saturated rings. The van der Waals surface area contributed by atoms with E-state index in [0.717, 1.165) is 53.8 Å². The lowest BCUT2D eigenvalue weighted by Crippen LogP contribution is -2.28. The maximum atomic E-state index is 13.0. The number of rotatable bonds is 3. The fourth-order valence-electron chi connectivity index (χ4n) is 3.86. The number of amides is 1. The minimum atomic E-state index is -0.209. The molecule has 3 aromatic rings. The van der Waals surface area contributed by atoms with Crippen molar-refractivity contribution in [2.24, 2.45) is 0 Å². The molecule has 0 unspecified atom stereocenters. The van der Waals surface area contributed by atoms with Crippen LogP contribution in [0.5, 0.6) is 0 Å². The highest BCUT2D eigenvalue weighted by atomic mass is 16.2. The van der Waals surface area contributed by atoms with Crippen LogP contribution in [-0.4, -0.2) is 20.1 Å². The summed E-state index contributed by atoms with van der Waals surface area (Å²) < 4.78 is 3.15. The van der Waals surface area contributed by atoms with Gasteiger partial charge in [0.25, 0.3) is 5.56 Å². The molecule has 4 rings (SSSR count). The number of nitrogens with zero attached hydrogens (tertiary/aromatic N) is 3. The normalized spacial score (nSPS) is 14.0. The molecule has 0 aliphatic heterocycles. The maximum Gasteiger partial charge on any atom is 0.277 e. The topological polar surface area (TPSA) is 68.4 Å². The fourth-order valence-corrected chi connectivity index (χ4v) is 3.86. The molecule has 1 aromatic carbocycles. The monoisotopic (exact) mass is 364 g/mol. The summed E-state index contributed by atoms with van der Waals surface area (Å²) >= 11 is 0. The zero-order valence-electron chi connectivity index (χ0n) is 15.8. The van der Waals surface area contributed by atoms with Gasteiger partial charge in [-0.05, 0) is 51.2 Å². The first-order valence-electron chi connectivity index (χ1n) is 9.49. The molecular weight excluding hydrogens is 340 g/mol. The predicted molar refractivity (Wildman–Crippen MR) is 105 cm³/mol. The summed E-state index contributed by atoms with van der Waals surface area (Å²) in [5, 5.41) is 7.49. The Kier molecular flexibility index (Phi) is 4.56. The molecule has 0 bridgehead atoms. The summed E-state index contributed by atoms with van der Waals surface area (Å²) in [7, 11) is 0. The second kappa shape index (κ2) is 7.02. The lowest BCUT2D eigenvalue weighted by Gasteiger charge is -2.10. The van der Waals surface area contributed by atoms with E-state index in [1.807, 2.05) is 32.0 Å². The molecule has 1 aliphatic carbocycles. The summed E-state index contributed by atoms with van der Waals surface area (Å²) in [6, 6.07) is 5.88. The maximum absolute atomic E-state index is 13.0. The van der Waals surface area contributed by atoms with Crippen LogP contribution in [0.3, 0.4) is 0 Å². The molecule has 0 radical (unpaired) electrons. The van der Waals surface area contributed by atoms with Gasteiger partial charge in [0.15, 0.2) is 0 Å². The van der Waals surface area contributed by atoms with Gasteiger partial charge in [-0.1, -0.05) is 24.1 Å². The molecule has 27 heavy (non-hydrogen) atoms. The smallest absolute Gasteiger partial charge is 0.277 e. The van der Waals surface area contributed by atoms with Crippen LogP contribution in [0.2, 0.25) is 0 Å². The van der Waals surface area contributed by atoms with Crippen LogP contribution in [0.4, 0.5) is 5.69 Å². The first-order valence-corrected chi connectivity index (χ1v) is 9.49. The van der Waals surface area contributed by atoms with E-state index in [4.69, 9.17) is 0 Å². The highest BCUT2D eigenvalue weighted by Gasteiger charge is 2.19. The van der Waals surface area contributed by atoms with E-state index in [1.54, 1.807) is 16.9 Å². The molecule has 0 saturated carbocycles. The van der Waals surface area contributed by atoms with Crippen molar-refractivity contribution in [2.45, 2.75) is 52.5 Å². The van der Waals surface area contributed by atoms with Gasteiger partial charge in [0.1, 0.15) is 12.1 Å². The molecular formula is C21H24N4O2. The van der Waals surface area contributed by atoms with Crippen molar-refractivity contribution in [3.8, 4) is 0 Å². The standard InChI is InChI=1S/C21H24N4O2/c1-14-8-9-17(15(2)12-14)22-19(26)13-24-10-11-25-20(21(24)27)16-6-4-3-5-7-18(16)23-25/h8-12H,3-7,13H2,1-2H3,(H,22,26). The van der Waals surface area contributed by atoms with Gasteiger partial charge in [0, 0.05) is 23.6 Å².